The van der Waals surface area contributed by atoms with Crippen LogP contribution in [0.5, 0.6) is 0 Å². The van der Waals surface area contributed by atoms with Gasteiger partial charge < -0.3 is 4.42 Å². The van der Waals surface area contributed by atoms with Crippen LogP contribution in [0.3, 0.4) is 0 Å². The van der Waals surface area contributed by atoms with Crippen LogP contribution in [0.1, 0.15) is 5.76 Å². The first-order valence-corrected chi connectivity index (χ1v) is 4.06. The van der Waals surface area contributed by atoms with Crippen LogP contribution in [0.4, 0.5) is 4.39 Å². The Morgan fingerprint density at radius 3 is 3.00 bits per heavy atom. The highest BCUT2D eigenvalue weighted by Gasteiger charge is 1.99. The molecule has 0 bridgehead atoms. The van der Waals surface area contributed by atoms with Crippen molar-refractivity contribution in [2.45, 2.75) is 11.8 Å². The third-order valence-corrected chi connectivity index (χ3v) is 2.24. The maximum absolute atomic E-state index is 11.7. The number of alkyl halides is 1. The van der Waals surface area contributed by atoms with Crippen molar-refractivity contribution in [2.75, 3.05) is 12.4 Å². The van der Waals surface area contributed by atoms with E-state index in [1.165, 1.54) is 11.8 Å². The minimum Gasteiger partial charge on any atom is -0.468 e. The number of hydrogen-bond acceptors (Lipinski definition) is 2. The van der Waals surface area contributed by atoms with E-state index in [-0.39, 0.29) is 6.67 Å². The molecule has 0 atom stereocenters. The van der Waals surface area contributed by atoms with Crippen LogP contribution >= 0.6 is 11.8 Å². The molecule has 0 aliphatic heterocycles. The van der Waals surface area contributed by atoms with E-state index in [0.29, 0.717) is 5.75 Å². The number of halogens is 1. The van der Waals surface area contributed by atoms with Crippen LogP contribution in [0.25, 0.3) is 0 Å². The Morgan fingerprint density at radius 2 is 2.50 bits per heavy atom. The predicted octanol–water partition coefficient (Wildman–Crippen LogP) is 2.65. The Kier molecular flexibility index (Phi) is 2.81. The van der Waals surface area contributed by atoms with E-state index >= 15 is 0 Å². The maximum atomic E-state index is 11.7. The SMILES string of the molecule is Cc1occc1SCCF. The van der Waals surface area contributed by atoms with E-state index in [1.807, 2.05) is 13.0 Å². The van der Waals surface area contributed by atoms with Crippen molar-refractivity contribution < 1.29 is 8.81 Å². The molecule has 0 amide bonds. The smallest absolute Gasteiger partial charge is 0.114 e. The summed E-state index contributed by atoms with van der Waals surface area (Å²) in [6, 6.07) is 1.86. The summed E-state index contributed by atoms with van der Waals surface area (Å²) in [6.45, 7) is 1.59. The van der Waals surface area contributed by atoms with Gasteiger partial charge in [-0.3, -0.25) is 4.39 Å². The van der Waals surface area contributed by atoms with Crippen molar-refractivity contribution in [1.82, 2.24) is 0 Å². The molecule has 0 spiro atoms. The Bertz CT molecular complexity index is 197. The van der Waals surface area contributed by atoms with Gasteiger partial charge in [-0.1, -0.05) is 0 Å². The second-order valence-electron chi connectivity index (χ2n) is 1.88. The summed E-state index contributed by atoms with van der Waals surface area (Å²) in [4.78, 5) is 1.04. The lowest BCUT2D eigenvalue weighted by Crippen LogP contribution is -1.79. The van der Waals surface area contributed by atoms with Crippen molar-refractivity contribution in [3.05, 3.63) is 18.1 Å². The Labute approximate surface area is 63.6 Å². The van der Waals surface area contributed by atoms with Crippen LogP contribution in [0, 0.1) is 6.92 Å². The first-order valence-electron chi connectivity index (χ1n) is 3.07. The monoisotopic (exact) mass is 160 g/mol. The molecule has 0 unspecified atom stereocenters. The minimum absolute atomic E-state index is 0.282. The van der Waals surface area contributed by atoms with Gasteiger partial charge in [-0.05, 0) is 13.0 Å². The lowest BCUT2D eigenvalue weighted by Gasteiger charge is -1.92. The van der Waals surface area contributed by atoms with E-state index in [4.69, 9.17) is 4.42 Å². The van der Waals surface area contributed by atoms with Gasteiger partial charge in [0.05, 0.1) is 12.9 Å². The summed E-state index contributed by atoms with van der Waals surface area (Å²) in [5.41, 5.74) is 0. The molecule has 3 heteroatoms. The van der Waals surface area contributed by atoms with Gasteiger partial charge in [0.2, 0.25) is 0 Å². The summed E-state index contributed by atoms with van der Waals surface area (Å²) in [6.07, 6.45) is 1.62. The predicted molar refractivity (Wildman–Crippen MR) is 40.1 cm³/mol. The van der Waals surface area contributed by atoms with Gasteiger partial charge in [0.25, 0.3) is 0 Å². The summed E-state index contributed by atoms with van der Waals surface area (Å²) in [5, 5.41) is 0. The highest BCUT2D eigenvalue weighted by Crippen LogP contribution is 2.22. The Hall–Kier alpha value is -0.440. The van der Waals surface area contributed by atoms with Crippen LogP contribution in [0.2, 0.25) is 0 Å². The Balaban J connectivity index is 2.49. The lowest BCUT2D eigenvalue weighted by atomic mass is 10.5. The number of thioether (sulfide) groups is 1. The molecule has 56 valence electrons. The van der Waals surface area contributed by atoms with Crippen LogP contribution in [-0.2, 0) is 0 Å². The van der Waals surface area contributed by atoms with Crippen LogP contribution < -0.4 is 0 Å². The molecule has 1 heterocycles. The number of aryl methyl sites for hydroxylation is 1. The van der Waals surface area contributed by atoms with Crippen molar-refractivity contribution in [3.63, 3.8) is 0 Å². The average Bonchev–Trinajstić information content (AvgIpc) is 2.31. The molecule has 0 fully saturated rings. The van der Waals surface area contributed by atoms with Gasteiger partial charge in [-0.2, -0.15) is 0 Å². The third kappa shape index (κ3) is 1.77. The zero-order valence-electron chi connectivity index (χ0n) is 5.76. The quantitative estimate of drug-likeness (QED) is 0.630. The first kappa shape index (κ1) is 7.66. The van der Waals surface area contributed by atoms with E-state index in [2.05, 4.69) is 0 Å². The molecule has 1 aromatic heterocycles. The Morgan fingerprint density at radius 1 is 1.70 bits per heavy atom. The zero-order chi connectivity index (χ0) is 7.40. The van der Waals surface area contributed by atoms with Gasteiger partial charge in [0.1, 0.15) is 5.76 Å². The maximum Gasteiger partial charge on any atom is 0.114 e. The van der Waals surface area contributed by atoms with Crippen molar-refractivity contribution >= 4 is 11.8 Å². The molecular formula is C7H9FOS. The normalized spacial score (nSPS) is 10.2. The molecule has 0 aliphatic rings. The summed E-state index contributed by atoms with van der Waals surface area (Å²) >= 11 is 1.48. The topological polar surface area (TPSA) is 13.1 Å². The molecule has 0 aromatic carbocycles. The number of hydrogen-bond donors (Lipinski definition) is 0. The van der Waals surface area contributed by atoms with Crippen molar-refractivity contribution in [1.29, 1.82) is 0 Å². The fourth-order valence-corrected chi connectivity index (χ4v) is 1.37. The summed E-state index contributed by atoms with van der Waals surface area (Å²) in [7, 11) is 0. The van der Waals surface area contributed by atoms with Gasteiger partial charge >= 0.3 is 0 Å². The number of furan rings is 1. The van der Waals surface area contributed by atoms with E-state index < -0.39 is 0 Å². The van der Waals surface area contributed by atoms with E-state index in [1.54, 1.807) is 6.26 Å². The molecule has 0 aliphatic carbocycles. The van der Waals surface area contributed by atoms with Crippen molar-refractivity contribution in [2.24, 2.45) is 0 Å². The number of rotatable bonds is 3. The standard InChI is InChI=1S/C7H9FOS/c1-6-7(2-4-9-6)10-5-3-8/h2,4H,3,5H2,1H3. The molecule has 0 saturated carbocycles. The molecule has 1 rings (SSSR count). The van der Waals surface area contributed by atoms with Crippen LogP contribution in [-0.4, -0.2) is 12.4 Å². The highest BCUT2D eigenvalue weighted by atomic mass is 32.2. The minimum atomic E-state index is -0.282. The molecule has 1 aromatic rings. The molecule has 0 N–H and O–H groups in total. The van der Waals surface area contributed by atoms with Gasteiger partial charge in [0, 0.05) is 10.6 Å². The second-order valence-corrected chi connectivity index (χ2v) is 3.02. The van der Waals surface area contributed by atoms with Crippen molar-refractivity contribution in [3.8, 4) is 0 Å². The van der Waals surface area contributed by atoms with E-state index in [9.17, 15) is 4.39 Å². The second kappa shape index (κ2) is 3.66. The lowest BCUT2D eigenvalue weighted by molar-refractivity contribution is 0.525. The molecule has 1 nitrogen and oxygen atoms in total. The van der Waals surface area contributed by atoms with Crippen LogP contribution in [0.15, 0.2) is 21.6 Å². The third-order valence-electron chi connectivity index (χ3n) is 1.15. The van der Waals surface area contributed by atoms with Gasteiger partial charge in [0.15, 0.2) is 0 Å². The largest absolute Gasteiger partial charge is 0.468 e. The summed E-state index contributed by atoms with van der Waals surface area (Å²) in [5.74, 6) is 1.39. The average molecular weight is 160 g/mol. The fourth-order valence-electron chi connectivity index (χ4n) is 0.672. The van der Waals surface area contributed by atoms with Gasteiger partial charge in [-0.15, -0.1) is 11.8 Å². The highest BCUT2D eigenvalue weighted by molar-refractivity contribution is 7.99. The molecular weight excluding hydrogens is 151 g/mol. The zero-order valence-corrected chi connectivity index (χ0v) is 6.58. The first-order chi connectivity index (χ1) is 4.84. The molecule has 10 heavy (non-hydrogen) atoms. The van der Waals surface area contributed by atoms with Gasteiger partial charge in [-0.25, -0.2) is 0 Å². The summed E-state index contributed by atoms with van der Waals surface area (Å²) < 4.78 is 16.7. The fraction of sp³-hybridized carbons (Fsp3) is 0.429. The molecule has 0 saturated heterocycles. The van der Waals surface area contributed by atoms with E-state index in [0.717, 1.165) is 10.7 Å². The molecule has 0 radical (unpaired) electrons.